The van der Waals surface area contributed by atoms with Gasteiger partial charge in [0, 0.05) is 50.0 Å². The number of nitrogens with zero attached hydrogens (tertiary/aromatic N) is 4. The quantitative estimate of drug-likeness (QED) is 0.858. The highest BCUT2D eigenvalue weighted by molar-refractivity contribution is 7.13. The third kappa shape index (κ3) is 2.80. The molecule has 1 atom stereocenters. The predicted octanol–water partition coefficient (Wildman–Crippen LogP) is 2.24. The standard InChI is InChI=1S/C18H22N4OS/c1-14(17(23)22-8-6-15-4-2-3-5-16(15)22)20-9-11-21(12-10-20)18-19-7-13-24-18/h2-5,7,13-14H,6,8-12H2,1H3/t14-/m1/s1. The third-order valence-corrected chi connectivity index (χ3v) is 5.89. The van der Waals surface area contributed by atoms with Crippen LogP contribution < -0.4 is 9.80 Å². The highest BCUT2D eigenvalue weighted by Crippen LogP contribution is 2.28. The van der Waals surface area contributed by atoms with Crippen LogP contribution in [0.4, 0.5) is 10.8 Å². The van der Waals surface area contributed by atoms with Crippen molar-refractivity contribution in [2.24, 2.45) is 0 Å². The molecule has 126 valence electrons. The summed E-state index contributed by atoms with van der Waals surface area (Å²) in [7, 11) is 0. The van der Waals surface area contributed by atoms with Gasteiger partial charge in [-0.25, -0.2) is 4.98 Å². The van der Waals surface area contributed by atoms with Gasteiger partial charge in [0.1, 0.15) is 0 Å². The van der Waals surface area contributed by atoms with Gasteiger partial charge >= 0.3 is 0 Å². The van der Waals surface area contributed by atoms with Crippen LogP contribution in [0.25, 0.3) is 0 Å². The van der Waals surface area contributed by atoms with E-state index in [4.69, 9.17) is 0 Å². The summed E-state index contributed by atoms with van der Waals surface area (Å²) in [5, 5.41) is 3.10. The van der Waals surface area contributed by atoms with E-state index in [0.717, 1.165) is 50.0 Å². The van der Waals surface area contributed by atoms with Crippen LogP contribution in [0.2, 0.25) is 0 Å². The Bertz CT molecular complexity index is 710. The molecule has 1 amide bonds. The summed E-state index contributed by atoms with van der Waals surface area (Å²) in [6.45, 7) is 6.53. The lowest BCUT2D eigenvalue weighted by atomic mass is 10.1. The lowest BCUT2D eigenvalue weighted by Crippen LogP contribution is -2.54. The fourth-order valence-electron chi connectivity index (χ4n) is 3.62. The van der Waals surface area contributed by atoms with Crippen LogP contribution in [-0.4, -0.2) is 54.6 Å². The largest absolute Gasteiger partial charge is 0.346 e. The van der Waals surface area contributed by atoms with Gasteiger partial charge in [0.15, 0.2) is 5.13 Å². The Morgan fingerprint density at radius 2 is 1.96 bits per heavy atom. The number of fused-ring (bicyclic) bond motifs is 1. The Kier molecular flexibility index (Phi) is 4.24. The summed E-state index contributed by atoms with van der Waals surface area (Å²) >= 11 is 1.68. The van der Waals surface area contributed by atoms with E-state index in [1.807, 2.05) is 35.5 Å². The Balaban J connectivity index is 1.40. The van der Waals surface area contributed by atoms with Gasteiger partial charge in [-0.1, -0.05) is 18.2 Å². The molecule has 1 saturated heterocycles. The molecular weight excluding hydrogens is 320 g/mol. The molecule has 0 bridgehead atoms. The van der Waals surface area contributed by atoms with Crippen molar-refractivity contribution in [3.05, 3.63) is 41.4 Å². The van der Waals surface area contributed by atoms with Crippen molar-refractivity contribution in [2.45, 2.75) is 19.4 Å². The van der Waals surface area contributed by atoms with Crippen molar-refractivity contribution in [3.8, 4) is 0 Å². The fourth-order valence-corrected chi connectivity index (χ4v) is 4.32. The fraction of sp³-hybridized carbons (Fsp3) is 0.444. The SMILES string of the molecule is C[C@H](C(=O)N1CCc2ccccc21)N1CCN(c2nccs2)CC1. The lowest BCUT2D eigenvalue weighted by molar-refractivity contribution is -0.123. The van der Waals surface area contributed by atoms with Gasteiger partial charge in [-0.05, 0) is 25.0 Å². The van der Waals surface area contributed by atoms with Crippen LogP contribution in [0.1, 0.15) is 12.5 Å². The molecule has 0 aliphatic carbocycles. The summed E-state index contributed by atoms with van der Waals surface area (Å²) < 4.78 is 0. The maximum Gasteiger partial charge on any atom is 0.244 e. The van der Waals surface area contributed by atoms with Crippen molar-refractivity contribution in [1.82, 2.24) is 9.88 Å². The van der Waals surface area contributed by atoms with Crippen molar-refractivity contribution in [3.63, 3.8) is 0 Å². The van der Waals surface area contributed by atoms with Crippen LogP contribution in [0.3, 0.4) is 0 Å². The number of hydrogen-bond acceptors (Lipinski definition) is 5. The molecule has 5 nitrogen and oxygen atoms in total. The molecule has 4 rings (SSSR count). The minimum Gasteiger partial charge on any atom is -0.346 e. The average Bonchev–Trinajstić information content (AvgIpc) is 3.30. The van der Waals surface area contributed by atoms with Crippen LogP contribution in [-0.2, 0) is 11.2 Å². The van der Waals surface area contributed by atoms with E-state index >= 15 is 0 Å². The van der Waals surface area contributed by atoms with E-state index in [1.165, 1.54) is 5.56 Å². The smallest absolute Gasteiger partial charge is 0.244 e. The number of carbonyl (C=O) groups is 1. The second kappa shape index (κ2) is 6.53. The van der Waals surface area contributed by atoms with Gasteiger partial charge in [0.25, 0.3) is 0 Å². The summed E-state index contributed by atoms with van der Waals surface area (Å²) in [5.41, 5.74) is 2.38. The minimum absolute atomic E-state index is 0.0744. The molecular formula is C18H22N4OS. The molecule has 3 heterocycles. The van der Waals surface area contributed by atoms with E-state index in [1.54, 1.807) is 11.3 Å². The lowest BCUT2D eigenvalue weighted by Gasteiger charge is -2.38. The van der Waals surface area contributed by atoms with Gasteiger partial charge in [-0.3, -0.25) is 9.69 Å². The topological polar surface area (TPSA) is 39.7 Å². The number of hydrogen-bond donors (Lipinski definition) is 0. The number of benzene rings is 1. The van der Waals surface area contributed by atoms with Gasteiger partial charge < -0.3 is 9.80 Å². The third-order valence-electron chi connectivity index (χ3n) is 5.06. The number of aromatic nitrogens is 1. The molecule has 0 saturated carbocycles. The van der Waals surface area contributed by atoms with Gasteiger partial charge in [0.2, 0.25) is 5.91 Å². The zero-order valence-electron chi connectivity index (χ0n) is 13.9. The zero-order chi connectivity index (χ0) is 16.5. The second-order valence-electron chi connectivity index (χ2n) is 6.38. The molecule has 1 fully saturated rings. The second-order valence-corrected chi connectivity index (χ2v) is 7.26. The Morgan fingerprint density at radius 3 is 2.71 bits per heavy atom. The molecule has 0 unspecified atom stereocenters. The molecule has 2 aliphatic heterocycles. The monoisotopic (exact) mass is 342 g/mol. The van der Waals surface area contributed by atoms with Gasteiger partial charge in [0.05, 0.1) is 6.04 Å². The van der Waals surface area contributed by atoms with Gasteiger partial charge in [-0.2, -0.15) is 0 Å². The number of thiazole rings is 1. The minimum atomic E-state index is -0.0744. The predicted molar refractivity (Wildman–Crippen MR) is 97.9 cm³/mol. The van der Waals surface area contributed by atoms with Crippen LogP contribution in [0.5, 0.6) is 0 Å². The van der Waals surface area contributed by atoms with E-state index < -0.39 is 0 Å². The number of piperazine rings is 1. The number of amides is 1. The molecule has 0 radical (unpaired) electrons. The Morgan fingerprint density at radius 1 is 1.17 bits per heavy atom. The zero-order valence-corrected chi connectivity index (χ0v) is 14.7. The number of anilines is 2. The molecule has 0 N–H and O–H groups in total. The van der Waals surface area contributed by atoms with Crippen LogP contribution in [0.15, 0.2) is 35.8 Å². The summed E-state index contributed by atoms with van der Waals surface area (Å²) in [6, 6.07) is 8.18. The highest BCUT2D eigenvalue weighted by atomic mass is 32.1. The first-order valence-corrected chi connectivity index (χ1v) is 9.40. The normalized spacial score (nSPS) is 19.4. The van der Waals surface area contributed by atoms with E-state index in [-0.39, 0.29) is 11.9 Å². The first-order valence-electron chi connectivity index (χ1n) is 8.52. The highest BCUT2D eigenvalue weighted by Gasteiger charge is 2.32. The van der Waals surface area contributed by atoms with E-state index in [9.17, 15) is 4.79 Å². The molecule has 0 spiro atoms. The average molecular weight is 342 g/mol. The Labute approximate surface area is 146 Å². The first-order chi connectivity index (χ1) is 11.7. The summed E-state index contributed by atoms with van der Waals surface area (Å²) in [6.07, 6.45) is 2.82. The summed E-state index contributed by atoms with van der Waals surface area (Å²) in [4.78, 5) is 23.9. The molecule has 1 aromatic heterocycles. The van der Waals surface area contributed by atoms with Crippen molar-refractivity contribution in [2.75, 3.05) is 42.5 Å². The molecule has 1 aromatic carbocycles. The van der Waals surface area contributed by atoms with E-state index in [2.05, 4.69) is 26.9 Å². The molecule has 24 heavy (non-hydrogen) atoms. The maximum absolute atomic E-state index is 13.0. The first kappa shape index (κ1) is 15.6. The molecule has 2 aliphatic rings. The van der Waals surface area contributed by atoms with Gasteiger partial charge in [-0.15, -0.1) is 11.3 Å². The van der Waals surface area contributed by atoms with Crippen molar-refractivity contribution in [1.29, 1.82) is 0 Å². The Hall–Kier alpha value is -1.92. The molecule has 6 heteroatoms. The number of carbonyl (C=O) groups excluding carboxylic acids is 1. The summed E-state index contributed by atoms with van der Waals surface area (Å²) in [5.74, 6) is 0.225. The van der Waals surface area contributed by atoms with Crippen LogP contribution in [0, 0.1) is 0 Å². The van der Waals surface area contributed by atoms with E-state index in [0.29, 0.717) is 0 Å². The number of rotatable bonds is 3. The number of para-hydroxylation sites is 1. The van der Waals surface area contributed by atoms with Crippen molar-refractivity contribution < 1.29 is 4.79 Å². The van der Waals surface area contributed by atoms with Crippen molar-refractivity contribution >= 4 is 28.1 Å². The van der Waals surface area contributed by atoms with Crippen LogP contribution >= 0.6 is 11.3 Å². The molecule has 2 aromatic rings. The maximum atomic E-state index is 13.0.